The molecule has 3 N–H and O–H groups in total. The van der Waals surface area contributed by atoms with E-state index in [9.17, 15) is 9.59 Å². The Labute approximate surface area is 89.6 Å². The summed E-state index contributed by atoms with van der Waals surface area (Å²) >= 11 is 0. The molecule has 0 atom stereocenters. The lowest BCUT2D eigenvalue weighted by Crippen LogP contribution is -2.36. The zero-order valence-electron chi connectivity index (χ0n) is 9.17. The van der Waals surface area contributed by atoms with Crippen molar-refractivity contribution in [2.24, 2.45) is 5.92 Å². The summed E-state index contributed by atoms with van der Waals surface area (Å²) < 4.78 is 0. The predicted octanol–water partition coefficient (Wildman–Crippen LogP) is -0.0110. The van der Waals surface area contributed by atoms with Crippen LogP contribution in [0.15, 0.2) is 12.2 Å². The van der Waals surface area contributed by atoms with Crippen molar-refractivity contribution in [3.05, 3.63) is 12.2 Å². The molecular formula is C10H18N2O3. The van der Waals surface area contributed by atoms with Gasteiger partial charge in [0, 0.05) is 18.7 Å². The topological polar surface area (TPSA) is 78.4 Å². The lowest BCUT2D eigenvalue weighted by atomic mass is 10.2. The molecule has 86 valence electrons. The zero-order chi connectivity index (χ0) is 11.8. The van der Waals surface area contributed by atoms with E-state index in [2.05, 4.69) is 17.2 Å². The van der Waals surface area contributed by atoms with Crippen LogP contribution in [0.25, 0.3) is 0 Å². The number of carbonyl (C=O) groups is 2. The summed E-state index contributed by atoms with van der Waals surface area (Å²) in [7, 11) is 0. The molecular weight excluding hydrogens is 196 g/mol. The Morgan fingerprint density at radius 2 is 1.93 bits per heavy atom. The first-order valence-electron chi connectivity index (χ1n) is 4.82. The van der Waals surface area contributed by atoms with Gasteiger partial charge in [-0.25, -0.2) is 4.79 Å². The van der Waals surface area contributed by atoms with Gasteiger partial charge in [-0.15, -0.1) is 0 Å². The summed E-state index contributed by atoms with van der Waals surface area (Å²) in [6, 6.07) is 0. The first-order valence-corrected chi connectivity index (χ1v) is 4.82. The van der Waals surface area contributed by atoms with Crippen molar-refractivity contribution in [3.8, 4) is 0 Å². The Bertz CT molecular complexity index is 249. The zero-order valence-corrected chi connectivity index (χ0v) is 9.17. The second kappa shape index (κ2) is 7.00. The van der Waals surface area contributed by atoms with Crippen LogP contribution >= 0.6 is 0 Å². The number of carbonyl (C=O) groups excluding carboxylic acids is 1. The Hall–Kier alpha value is -1.36. The maximum atomic E-state index is 11.1. The SMILES string of the molecule is C=C(CNCC(=O)NCC(C)C)C(=O)O. The molecule has 0 rings (SSSR count). The summed E-state index contributed by atoms with van der Waals surface area (Å²) in [6.45, 7) is 8.18. The third-order valence-corrected chi connectivity index (χ3v) is 1.63. The molecule has 0 aliphatic carbocycles. The van der Waals surface area contributed by atoms with Crippen molar-refractivity contribution in [1.82, 2.24) is 10.6 Å². The van der Waals surface area contributed by atoms with E-state index in [0.717, 1.165) is 0 Å². The van der Waals surface area contributed by atoms with Crippen molar-refractivity contribution in [1.29, 1.82) is 0 Å². The molecule has 0 aliphatic heterocycles. The molecule has 0 aromatic rings. The molecule has 5 heteroatoms. The highest BCUT2D eigenvalue weighted by molar-refractivity contribution is 5.86. The maximum Gasteiger partial charge on any atom is 0.332 e. The van der Waals surface area contributed by atoms with Crippen LogP contribution in [0.4, 0.5) is 0 Å². The average Bonchev–Trinajstić information content (AvgIpc) is 2.14. The molecule has 0 heterocycles. The van der Waals surface area contributed by atoms with E-state index in [-0.39, 0.29) is 24.6 Å². The third-order valence-electron chi connectivity index (χ3n) is 1.63. The number of amides is 1. The molecule has 15 heavy (non-hydrogen) atoms. The van der Waals surface area contributed by atoms with E-state index >= 15 is 0 Å². The molecule has 0 aliphatic rings. The van der Waals surface area contributed by atoms with Crippen molar-refractivity contribution in [2.45, 2.75) is 13.8 Å². The van der Waals surface area contributed by atoms with Crippen molar-refractivity contribution >= 4 is 11.9 Å². The Morgan fingerprint density at radius 3 is 2.40 bits per heavy atom. The van der Waals surface area contributed by atoms with Gasteiger partial charge in [-0.3, -0.25) is 4.79 Å². The van der Waals surface area contributed by atoms with Gasteiger partial charge in [0.15, 0.2) is 0 Å². The van der Waals surface area contributed by atoms with E-state index in [1.807, 2.05) is 13.8 Å². The minimum Gasteiger partial charge on any atom is -0.478 e. The Balaban J connectivity index is 3.55. The monoisotopic (exact) mass is 214 g/mol. The van der Waals surface area contributed by atoms with E-state index < -0.39 is 5.97 Å². The molecule has 1 amide bonds. The smallest absolute Gasteiger partial charge is 0.332 e. The van der Waals surface area contributed by atoms with Gasteiger partial charge in [-0.05, 0) is 5.92 Å². The van der Waals surface area contributed by atoms with Crippen LogP contribution in [0.1, 0.15) is 13.8 Å². The summed E-state index contributed by atoms with van der Waals surface area (Å²) in [5.41, 5.74) is 0.0478. The minimum absolute atomic E-state index is 0.0478. The second-order valence-corrected chi connectivity index (χ2v) is 3.71. The highest BCUT2D eigenvalue weighted by Gasteiger charge is 2.05. The first kappa shape index (κ1) is 13.6. The fraction of sp³-hybridized carbons (Fsp3) is 0.600. The van der Waals surface area contributed by atoms with Gasteiger partial charge in [0.05, 0.1) is 6.54 Å². The van der Waals surface area contributed by atoms with E-state index in [0.29, 0.717) is 12.5 Å². The number of carboxylic acid groups (broad SMARTS) is 1. The quantitative estimate of drug-likeness (QED) is 0.521. The lowest BCUT2D eigenvalue weighted by Gasteiger charge is -2.08. The Kier molecular flexibility index (Phi) is 6.37. The van der Waals surface area contributed by atoms with Gasteiger partial charge in [0.1, 0.15) is 0 Å². The van der Waals surface area contributed by atoms with Crippen LogP contribution in [-0.2, 0) is 9.59 Å². The van der Waals surface area contributed by atoms with Crippen LogP contribution in [0, 0.1) is 5.92 Å². The first-order chi connectivity index (χ1) is 6.93. The summed E-state index contributed by atoms with van der Waals surface area (Å²) in [4.78, 5) is 21.5. The molecule has 0 unspecified atom stereocenters. The van der Waals surface area contributed by atoms with Crippen LogP contribution < -0.4 is 10.6 Å². The predicted molar refractivity (Wildman–Crippen MR) is 57.5 cm³/mol. The normalized spacial score (nSPS) is 10.1. The average molecular weight is 214 g/mol. The van der Waals surface area contributed by atoms with Gasteiger partial charge in [0.25, 0.3) is 0 Å². The Morgan fingerprint density at radius 1 is 1.33 bits per heavy atom. The van der Waals surface area contributed by atoms with Gasteiger partial charge in [-0.1, -0.05) is 20.4 Å². The fourth-order valence-corrected chi connectivity index (χ4v) is 0.783. The second-order valence-electron chi connectivity index (χ2n) is 3.71. The third kappa shape index (κ3) is 7.69. The molecule has 0 aromatic carbocycles. The van der Waals surface area contributed by atoms with Gasteiger partial charge in [-0.2, -0.15) is 0 Å². The molecule has 0 radical (unpaired) electrons. The number of rotatable bonds is 7. The van der Waals surface area contributed by atoms with Crippen LogP contribution in [-0.4, -0.2) is 36.6 Å². The van der Waals surface area contributed by atoms with E-state index in [4.69, 9.17) is 5.11 Å². The van der Waals surface area contributed by atoms with Gasteiger partial charge in [0.2, 0.25) is 5.91 Å². The number of hydrogen-bond acceptors (Lipinski definition) is 3. The summed E-state index contributed by atoms with van der Waals surface area (Å²) in [5.74, 6) is -0.782. The van der Waals surface area contributed by atoms with Crippen LogP contribution in [0.5, 0.6) is 0 Å². The largest absolute Gasteiger partial charge is 0.478 e. The fourth-order valence-electron chi connectivity index (χ4n) is 0.783. The highest BCUT2D eigenvalue weighted by Crippen LogP contribution is 1.87. The molecule has 5 nitrogen and oxygen atoms in total. The van der Waals surface area contributed by atoms with Crippen molar-refractivity contribution in [2.75, 3.05) is 19.6 Å². The summed E-state index contributed by atoms with van der Waals surface area (Å²) in [6.07, 6.45) is 0. The highest BCUT2D eigenvalue weighted by atomic mass is 16.4. The standard InChI is InChI=1S/C10H18N2O3/c1-7(2)4-12-9(13)6-11-5-8(3)10(14)15/h7,11H,3-6H2,1-2H3,(H,12,13)(H,14,15). The summed E-state index contributed by atoms with van der Waals surface area (Å²) in [5, 5.41) is 13.9. The maximum absolute atomic E-state index is 11.1. The molecule has 0 aromatic heterocycles. The van der Waals surface area contributed by atoms with Crippen molar-refractivity contribution < 1.29 is 14.7 Å². The molecule has 0 fully saturated rings. The van der Waals surface area contributed by atoms with Crippen LogP contribution in [0.3, 0.4) is 0 Å². The van der Waals surface area contributed by atoms with Gasteiger partial charge < -0.3 is 15.7 Å². The molecule has 0 spiro atoms. The molecule has 0 saturated heterocycles. The van der Waals surface area contributed by atoms with Crippen molar-refractivity contribution in [3.63, 3.8) is 0 Å². The number of hydrogen-bond donors (Lipinski definition) is 3. The van der Waals surface area contributed by atoms with Gasteiger partial charge >= 0.3 is 5.97 Å². The van der Waals surface area contributed by atoms with E-state index in [1.165, 1.54) is 0 Å². The van der Waals surface area contributed by atoms with E-state index in [1.54, 1.807) is 0 Å². The lowest BCUT2D eigenvalue weighted by molar-refractivity contribution is -0.132. The molecule has 0 bridgehead atoms. The number of carboxylic acids is 1. The number of aliphatic carboxylic acids is 1. The minimum atomic E-state index is -1.05. The van der Waals surface area contributed by atoms with Crippen LogP contribution in [0.2, 0.25) is 0 Å². The molecule has 0 saturated carbocycles. The number of nitrogens with one attached hydrogen (secondary N) is 2.